The monoisotopic (exact) mass is 443 g/mol. The van der Waals surface area contributed by atoms with Gasteiger partial charge in [0.05, 0.1) is 18.2 Å². The molecule has 4 N–H and O–H groups in total. The van der Waals surface area contributed by atoms with Gasteiger partial charge in [-0.15, -0.1) is 0 Å². The molecular formula is C22H26FN5O4. The third kappa shape index (κ3) is 4.55. The highest BCUT2D eigenvalue weighted by Gasteiger charge is 2.40. The summed E-state index contributed by atoms with van der Waals surface area (Å²) in [6, 6.07) is 6.26. The Bertz CT molecular complexity index is 1040. The Morgan fingerprint density at radius 1 is 1.31 bits per heavy atom. The number of anilines is 2. The smallest absolute Gasteiger partial charge is 0.407 e. The van der Waals surface area contributed by atoms with Crippen LogP contribution >= 0.6 is 0 Å². The fourth-order valence-electron chi connectivity index (χ4n) is 4.09. The van der Waals surface area contributed by atoms with Gasteiger partial charge in [-0.2, -0.15) is 5.10 Å². The molecule has 0 spiro atoms. The van der Waals surface area contributed by atoms with Crippen molar-refractivity contribution in [1.29, 1.82) is 0 Å². The van der Waals surface area contributed by atoms with E-state index in [0.29, 0.717) is 37.5 Å². The molecule has 2 fully saturated rings. The van der Waals surface area contributed by atoms with Gasteiger partial charge in [-0.1, -0.05) is 0 Å². The molecule has 0 bridgehead atoms. The average molecular weight is 443 g/mol. The van der Waals surface area contributed by atoms with Crippen molar-refractivity contribution in [3.8, 4) is 0 Å². The van der Waals surface area contributed by atoms with E-state index in [-0.39, 0.29) is 35.4 Å². The van der Waals surface area contributed by atoms with Gasteiger partial charge in [0.15, 0.2) is 5.82 Å². The van der Waals surface area contributed by atoms with Gasteiger partial charge in [-0.3, -0.25) is 9.89 Å². The first-order valence-electron chi connectivity index (χ1n) is 10.9. The number of alkyl carbamates (subject to hydrolysis) is 1. The predicted octanol–water partition coefficient (Wildman–Crippen LogP) is 2.88. The van der Waals surface area contributed by atoms with Crippen molar-refractivity contribution in [2.75, 3.05) is 23.8 Å². The van der Waals surface area contributed by atoms with Crippen molar-refractivity contribution >= 4 is 23.5 Å². The number of nitrogens with one attached hydrogen (secondary N) is 4. The maximum absolute atomic E-state index is 13.5. The molecule has 9 nitrogen and oxygen atoms in total. The van der Waals surface area contributed by atoms with Crippen LogP contribution in [0.4, 0.5) is 20.7 Å². The number of ether oxygens (including phenoxy) is 2. The second kappa shape index (κ2) is 8.09. The van der Waals surface area contributed by atoms with Crippen LogP contribution in [-0.2, 0) is 20.7 Å². The van der Waals surface area contributed by atoms with Crippen LogP contribution in [0.25, 0.3) is 0 Å². The van der Waals surface area contributed by atoms with Crippen molar-refractivity contribution in [2.24, 2.45) is 5.92 Å². The van der Waals surface area contributed by atoms with E-state index in [1.54, 1.807) is 12.1 Å². The SMILES string of the molecule is CC1(NC(=O)O[C@H]2CO[C@@H](c3cc(NC(=O)[C@H]4CNc5ccc(F)cc5C4)n[nH]3)C2)CC1. The number of amides is 2. The Morgan fingerprint density at radius 2 is 2.16 bits per heavy atom. The van der Waals surface area contributed by atoms with Crippen LogP contribution in [0.2, 0.25) is 0 Å². The zero-order valence-electron chi connectivity index (χ0n) is 17.7. The number of carbonyl (C=O) groups is 2. The van der Waals surface area contributed by atoms with E-state index in [2.05, 4.69) is 26.1 Å². The van der Waals surface area contributed by atoms with Crippen LogP contribution in [0, 0.1) is 11.7 Å². The second-order valence-electron chi connectivity index (χ2n) is 9.05. The summed E-state index contributed by atoms with van der Waals surface area (Å²) in [5.74, 6) is -0.454. The van der Waals surface area contributed by atoms with E-state index in [4.69, 9.17) is 9.47 Å². The standard InChI is InChI=1S/C22H26FN5O4/c1-22(4-5-22)26-21(30)32-15-8-18(31-11-15)17-9-19(28-27-17)25-20(29)13-6-12-7-14(23)2-3-16(12)24-10-13/h2-3,7,9,13,15,18,24H,4-6,8,10-11H2,1H3,(H,26,30)(H2,25,27,28,29)/t13-,15-,18-/m1/s1. The molecule has 0 unspecified atom stereocenters. The number of aromatic amines is 1. The Labute approximate surface area is 184 Å². The molecule has 2 aromatic rings. The lowest BCUT2D eigenvalue weighted by Gasteiger charge is -2.25. The maximum atomic E-state index is 13.5. The zero-order valence-corrected chi connectivity index (χ0v) is 17.7. The number of aromatic nitrogens is 2. The molecule has 2 aliphatic heterocycles. The Kier molecular flexibility index (Phi) is 5.24. The van der Waals surface area contributed by atoms with Gasteiger partial charge in [-0.25, -0.2) is 9.18 Å². The number of nitrogens with zero attached hydrogens (tertiary/aromatic N) is 1. The molecule has 32 heavy (non-hydrogen) atoms. The van der Waals surface area contributed by atoms with E-state index in [9.17, 15) is 14.0 Å². The van der Waals surface area contributed by atoms with Crippen LogP contribution in [0.1, 0.15) is 43.5 Å². The normalized spacial score (nSPS) is 25.4. The minimum Gasteiger partial charge on any atom is -0.444 e. The van der Waals surface area contributed by atoms with Gasteiger partial charge in [0.1, 0.15) is 18.0 Å². The van der Waals surface area contributed by atoms with Crippen LogP contribution in [0.15, 0.2) is 24.3 Å². The highest BCUT2D eigenvalue weighted by atomic mass is 19.1. The molecule has 1 saturated heterocycles. The second-order valence-corrected chi connectivity index (χ2v) is 9.05. The molecule has 3 atom stereocenters. The molecule has 0 radical (unpaired) electrons. The summed E-state index contributed by atoms with van der Waals surface area (Å²) in [6.07, 6.45) is 1.85. The summed E-state index contributed by atoms with van der Waals surface area (Å²) < 4.78 is 24.7. The molecule has 170 valence electrons. The highest BCUT2D eigenvalue weighted by molar-refractivity contribution is 5.92. The van der Waals surface area contributed by atoms with E-state index in [0.717, 1.165) is 24.1 Å². The van der Waals surface area contributed by atoms with Gasteiger partial charge >= 0.3 is 6.09 Å². The average Bonchev–Trinajstić information content (AvgIpc) is 3.14. The molecular weight excluding hydrogens is 417 g/mol. The fraction of sp³-hybridized carbons (Fsp3) is 0.500. The van der Waals surface area contributed by atoms with Crippen molar-refractivity contribution in [3.05, 3.63) is 41.3 Å². The summed E-state index contributed by atoms with van der Waals surface area (Å²) in [7, 11) is 0. The van der Waals surface area contributed by atoms with Crippen LogP contribution in [0.3, 0.4) is 0 Å². The number of hydrogen-bond donors (Lipinski definition) is 4. The lowest BCUT2D eigenvalue weighted by Crippen LogP contribution is -2.37. The number of carbonyl (C=O) groups excluding carboxylic acids is 2. The molecule has 1 saturated carbocycles. The Hall–Kier alpha value is -3.14. The first-order valence-corrected chi connectivity index (χ1v) is 10.9. The molecule has 10 heteroatoms. The predicted molar refractivity (Wildman–Crippen MR) is 114 cm³/mol. The van der Waals surface area contributed by atoms with Crippen LogP contribution < -0.4 is 16.0 Å². The van der Waals surface area contributed by atoms with E-state index >= 15 is 0 Å². The van der Waals surface area contributed by atoms with Gasteiger partial charge in [0, 0.05) is 30.3 Å². The summed E-state index contributed by atoms with van der Waals surface area (Å²) in [6.45, 7) is 2.76. The number of H-pyrrole nitrogens is 1. The minimum absolute atomic E-state index is 0.128. The van der Waals surface area contributed by atoms with Crippen molar-refractivity contribution < 1.29 is 23.5 Å². The maximum Gasteiger partial charge on any atom is 0.407 e. The molecule has 3 heterocycles. The highest BCUT2D eigenvalue weighted by Crippen LogP contribution is 2.35. The Morgan fingerprint density at radius 3 is 2.97 bits per heavy atom. The summed E-state index contributed by atoms with van der Waals surface area (Å²) >= 11 is 0. The third-order valence-corrected chi connectivity index (χ3v) is 6.28. The molecule has 1 aromatic heterocycles. The largest absolute Gasteiger partial charge is 0.444 e. The van der Waals surface area contributed by atoms with Gasteiger partial charge in [-0.05, 0) is 49.9 Å². The van der Waals surface area contributed by atoms with E-state index in [1.165, 1.54) is 12.1 Å². The molecule has 1 aromatic carbocycles. The van der Waals surface area contributed by atoms with Crippen molar-refractivity contribution in [1.82, 2.24) is 15.5 Å². The summed E-state index contributed by atoms with van der Waals surface area (Å²) in [5.41, 5.74) is 2.21. The number of fused-ring (bicyclic) bond motifs is 1. The lowest BCUT2D eigenvalue weighted by molar-refractivity contribution is -0.119. The van der Waals surface area contributed by atoms with Gasteiger partial charge in [0.25, 0.3) is 0 Å². The topological polar surface area (TPSA) is 117 Å². The lowest BCUT2D eigenvalue weighted by atomic mass is 9.93. The number of rotatable bonds is 5. The fourth-order valence-corrected chi connectivity index (χ4v) is 4.09. The Balaban J connectivity index is 1.13. The summed E-state index contributed by atoms with van der Waals surface area (Å²) in [5, 5.41) is 15.9. The first-order chi connectivity index (χ1) is 15.4. The summed E-state index contributed by atoms with van der Waals surface area (Å²) in [4.78, 5) is 24.7. The molecule has 5 rings (SSSR count). The minimum atomic E-state index is -0.417. The van der Waals surface area contributed by atoms with E-state index < -0.39 is 6.09 Å². The number of halogens is 1. The van der Waals surface area contributed by atoms with Gasteiger partial charge < -0.3 is 25.4 Å². The van der Waals surface area contributed by atoms with Crippen molar-refractivity contribution in [2.45, 2.75) is 50.4 Å². The van der Waals surface area contributed by atoms with Crippen molar-refractivity contribution in [3.63, 3.8) is 0 Å². The number of benzene rings is 1. The zero-order chi connectivity index (χ0) is 22.3. The quantitative estimate of drug-likeness (QED) is 0.565. The molecule has 1 aliphatic carbocycles. The van der Waals surface area contributed by atoms with Crippen LogP contribution in [-0.4, -0.2) is 47.0 Å². The molecule has 3 aliphatic rings. The molecule has 2 amide bonds. The van der Waals surface area contributed by atoms with Crippen LogP contribution in [0.5, 0.6) is 0 Å². The first kappa shape index (κ1) is 20.7. The number of hydrogen-bond acceptors (Lipinski definition) is 6. The van der Waals surface area contributed by atoms with E-state index in [1.807, 2.05) is 6.92 Å². The third-order valence-electron chi connectivity index (χ3n) is 6.28. The van der Waals surface area contributed by atoms with Gasteiger partial charge in [0.2, 0.25) is 5.91 Å².